The average Bonchev–Trinajstić information content (AvgIpc) is 3.62. The van der Waals surface area contributed by atoms with Crippen molar-refractivity contribution < 1.29 is 48.0 Å². The molecule has 2 unspecified atom stereocenters. The van der Waals surface area contributed by atoms with Crippen LogP contribution in [-0.2, 0) is 38.1 Å². The van der Waals surface area contributed by atoms with E-state index in [2.05, 4.69) is 31.4 Å². The van der Waals surface area contributed by atoms with Gasteiger partial charge in [0.25, 0.3) is 0 Å². The van der Waals surface area contributed by atoms with Gasteiger partial charge in [0.2, 0.25) is 17.7 Å². The fraction of sp³-hybridized carbons (Fsp3) is 0.612. The zero-order valence-corrected chi connectivity index (χ0v) is 39.5. The molecule has 2 aromatic carbocycles. The molecular weight excluding hydrogens is 851 g/mol. The lowest BCUT2D eigenvalue weighted by molar-refractivity contribution is -0.199. The molecule has 7 N–H and O–H groups in total. The Morgan fingerprint density at radius 1 is 0.815 bits per heavy atom. The second kappa shape index (κ2) is 22.5. The lowest BCUT2D eigenvalue weighted by atomic mass is 9.43. The maximum absolute atomic E-state index is 13.7. The van der Waals surface area contributed by atoms with Crippen molar-refractivity contribution in [3.63, 3.8) is 0 Å². The summed E-state index contributed by atoms with van der Waals surface area (Å²) in [6, 6.07) is 11.9. The number of hydrogen-bond donors (Lipinski definition) is 5. The van der Waals surface area contributed by atoms with E-state index in [0.717, 1.165) is 24.0 Å². The van der Waals surface area contributed by atoms with Crippen LogP contribution in [0.1, 0.15) is 129 Å². The normalized spacial score (nSPS) is 23.4. The van der Waals surface area contributed by atoms with Gasteiger partial charge in [0.15, 0.2) is 17.3 Å². The molecule has 1 aliphatic heterocycles. The molecule has 1 heterocycles. The van der Waals surface area contributed by atoms with Crippen molar-refractivity contribution >= 4 is 59.6 Å². The third-order valence-electron chi connectivity index (χ3n) is 14.2. The van der Waals surface area contributed by atoms with E-state index in [9.17, 15) is 38.7 Å². The Morgan fingerprint density at radius 2 is 1.46 bits per heavy atom. The van der Waals surface area contributed by atoms with Crippen molar-refractivity contribution in [3.8, 4) is 11.1 Å². The van der Waals surface area contributed by atoms with Crippen LogP contribution < -0.4 is 22.1 Å². The Morgan fingerprint density at radius 3 is 2.06 bits per heavy atom. The number of primary amides is 1. The summed E-state index contributed by atoms with van der Waals surface area (Å²) in [6.07, 6.45) is 1.44. The van der Waals surface area contributed by atoms with Crippen molar-refractivity contribution in [3.05, 3.63) is 59.1 Å². The highest BCUT2D eigenvalue weighted by Crippen LogP contribution is 2.66. The van der Waals surface area contributed by atoms with Gasteiger partial charge < -0.3 is 36.5 Å². The largest absolute Gasteiger partial charge is 0.461 e. The Bertz CT molecular complexity index is 2050. The number of halogens is 1. The Balaban J connectivity index is 1.11. The summed E-state index contributed by atoms with van der Waals surface area (Å²) >= 11 is 6.00. The van der Waals surface area contributed by atoms with Gasteiger partial charge in [-0.15, -0.1) is 0 Å². The first kappa shape index (κ1) is 51.7. The highest BCUT2D eigenvalue weighted by molar-refractivity contribution is 6.47. The molecule has 3 amide bonds. The van der Waals surface area contributed by atoms with E-state index in [1.807, 2.05) is 31.2 Å². The molecule has 354 valence electrons. The Hall–Kier alpha value is -4.28. The van der Waals surface area contributed by atoms with E-state index in [1.165, 1.54) is 13.8 Å². The van der Waals surface area contributed by atoms with Gasteiger partial charge in [0, 0.05) is 54.5 Å². The fourth-order valence-electron chi connectivity index (χ4n) is 10.0. The molecule has 1 saturated heterocycles. The number of Topliss-reactive ketones (excluding diaryl/α,β-unsaturated/α-hetero) is 4. The van der Waals surface area contributed by atoms with E-state index < -0.39 is 84.9 Å². The van der Waals surface area contributed by atoms with Gasteiger partial charge in [-0.2, -0.15) is 0 Å². The summed E-state index contributed by atoms with van der Waals surface area (Å²) < 4.78 is 12.9. The van der Waals surface area contributed by atoms with Crippen molar-refractivity contribution in [1.29, 1.82) is 0 Å². The summed E-state index contributed by atoms with van der Waals surface area (Å²) in [7, 11) is -0.635. The number of ketones is 4. The molecule has 2 bridgehead atoms. The third kappa shape index (κ3) is 13.0. The van der Waals surface area contributed by atoms with Gasteiger partial charge in [-0.05, 0) is 98.8 Å². The number of unbranched alkanes of at least 4 members (excludes halogenated alkanes) is 1. The molecule has 14 nitrogen and oxygen atoms in total. The first-order valence-corrected chi connectivity index (χ1v) is 23.6. The van der Waals surface area contributed by atoms with Gasteiger partial charge in [0.1, 0.15) is 11.8 Å². The smallest absolute Gasteiger partial charge is 0.405 e. The second-order valence-corrected chi connectivity index (χ2v) is 20.0. The van der Waals surface area contributed by atoms with E-state index >= 15 is 0 Å². The number of hydrogen-bond acceptors (Lipinski definition) is 11. The van der Waals surface area contributed by atoms with E-state index in [0.29, 0.717) is 48.2 Å². The van der Waals surface area contributed by atoms with Gasteiger partial charge in [-0.25, -0.2) is 0 Å². The quantitative estimate of drug-likeness (QED) is 0.0419. The molecule has 3 saturated carbocycles. The summed E-state index contributed by atoms with van der Waals surface area (Å²) in [6.45, 7) is 11.6. The topological polar surface area (TPSA) is 234 Å². The second-order valence-electron chi connectivity index (χ2n) is 19.6. The molecule has 6 rings (SSSR count). The van der Waals surface area contributed by atoms with Crippen LogP contribution in [0.3, 0.4) is 0 Å². The molecule has 10 atom stereocenters. The molecule has 0 spiro atoms. The van der Waals surface area contributed by atoms with Crippen molar-refractivity contribution in [2.24, 2.45) is 40.6 Å². The Kier molecular flexibility index (Phi) is 17.9. The first-order valence-electron chi connectivity index (χ1n) is 23.2. The zero-order valence-electron chi connectivity index (χ0n) is 38.7. The SMILES string of the molecule is CC(O)[C@H](NC(=O)[C@H](CCCCN)CC(=O)CCCC(=O)c1ccc(-c2ccc(Cl)cc2)cc1)C(=O)C[C@@H](C)C(=O)N[C@@H](CC(N)=O)C(=O)C[C@@H](C)B1OC2C[C@@H]3C[C@@H](C3(C)C)[C@]2(C)O1. The van der Waals surface area contributed by atoms with Crippen LogP contribution in [0.25, 0.3) is 11.1 Å². The Labute approximate surface area is 388 Å². The van der Waals surface area contributed by atoms with Crippen LogP contribution in [0.15, 0.2) is 48.5 Å². The van der Waals surface area contributed by atoms with Crippen LogP contribution in [0.5, 0.6) is 0 Å². The molecule has 16 heteroatoms. The van der Waals surface area contributed by atoms with Gasteiger partial charge in [-0.1, -0.05) is 82.1 Å². The number of rotatable bonds is 26. The maximum atomic E-state index is 13.7. The molecule has 4 aliphatic rings. The molecule has 4 fully saturated rings. The highest BCUT2D eigenvalue weighted by Gasteiger charge is 2.68. The fourth-order valence-corrected chi connectivity index (χ4v) is 10.2. The number of aliphatic hydroxyl groups is 1. The first-order chi connectivity index (χ1) is 30.6. The lowest BCUT2D eigenvalue weighted by Crippen LogP contribution is -2.65. The van der Waals surface area contributed by atoms with Crippen molar-refractivity contribution in [1.82, 2.24) is 10.6 Å². The number of aliphatic hydroxyl groups excluding tert-OH is 1. The minimum absolute atomic E-state index is 0.0550. The number of nitrogens with two attached hydrogens (primary N) is 2. The standard InChI is InChI=1S/C49H68BClN4O10/c1-28(46(62)54-38(27-44(53)61)40(59)23-29(2)50-64-43-26-35-25-42(48(35,4)5)49(43,6)65-50)22-41(60)45(30(3)56)55-47(63)34(10-7-8-21-52)24-37(57)11-9-12-39(58)33-15-13-31(14-16-33)32-17-19-36(51)20-18-32/h13-20,28-30,34-35,38,42-43,45,56H,7-12,21-27,52H2,1-6H3,(H2,53,61)(H,54,62)(H,55,63)/t28-,29-,30?,34-,35+,38+,42+,43?,45+,49+/m1/s1. The van der Waals surface area contributed by atoms with Gasteiger partial charge >= 0.3 is 7.12 Å². The molecule has 3 aliphatic carbocycles. The van der Waals surface area contributed by atoms with Crippen LogP contribution in [-0.4, -0.2) is 89.5 Å². The van der Waals surface area contributed by atoms with Crippen LogP contribution >= 0.6 is 11.6 Å². The summed E-state index contributed by atoms with van der Waals surface area (Å²) in [5.74, 6) is -4.83. The minimum atomic E-state index is -1.40. The summed E-state index contributed by atoms with van der Waals surface area (Å²) in [5.41, 5.74) is 13.3. The van der Waals surface area contributed by atoms with Crippen LogP contribution in [0, 0.1) is 29.1 Å². The number of carbonyl (C=O) groups excluding carboxylic acids is 7. The number of nitrogens with one attached hydrogen (secondary N) is 2. The number of amides is 3. The monoisotopic (exact) mass is 918 g/mol. The molecule has 0 aromatic heterocycles. The maximum Gasteiger partial charge on any atom is 0.461 e. The predicted octanol–water partition coefficient (Wildman–Crippen LogP) is 5.96. The molecule has 2 aromatic rings. The average molecular weight is 919 g/mol. The third-order valence-corrected chi connectivity index (χ3v) is 14.5. The summed E-state index contributed by atoms with van der Waals surface area (Å²) in [5, 5.41) is 16.5. The van der Waals surface area contributed by atoms with Gasteiger partial charge in [-0.3, -0.25) is 33.6 Å². The minimum Gasteiger partial charge on any atom is -0.405 e. The van der Waals surface area contributed by atoms with Crippen LogP contribution in [0.2, 0.25) is 10.8 Å². The van der Waals surface area contributed by atoms with Gasteiger partial charge in [0.05, 0.1) is 30.3 Å². The van der Waals surface area contributed by atoms with E-state index in [-0.39, 0.29) is 61.0 Å². The van der Waals surface area contributed by atoms with E-state index in [4.69, 9.17) is 32.4 Å². The zero-order chi connectivity index (χ0) is 47.8. The summed E-state index contributed by atoms with van der Waals surface area (Å²) in [4.78, 5) is 92.6. The number of benzene rings is 2. The predicted molar refractivity (Wildman–Crippen MR) is 248 cm³/mol. The highest BCUT2D eigenvalue weighted by atomic mass is 35.5. The van der Waals surface area contributed by atoms with Crippen molar-refractivity contribution in [2.45, 2.75) is 154 Å². The number of carbonyl (C=O) groups is 7. The molecule has 0 radical (unpaired) electrons. The molecular formula is C49H68BClN4O10. The van der Waals surface area contributed by atoms with E-state index in [1.54, 1.807) is 24.3 Å². The van der Waals surface area contributed by atoms with Crippen LogP contribution in [0.4, 0.5) is 0 Å². The molecule has 65 heavy (non-hydrogen) atoms. The lowest BCUT2D eigenvalue weighted by Gasteiger charge is -2.64. The van der Waals surface area contributed by atoms with Crippen molar-refractivity contribution in [2.75, 3.05) is 6.54 Å².